The van der Waals surface area contributed by atoms with E-state index in [0.29, 0.717) is 11.9 Å². The quantitative estimate of drug-likeness (QED) is 0.866. The molecule has 0 amide bonds. The van der Waals surface area contributed by atoms with Crippen molar-refractivity contribution in [1.82, 2.24) is 9.97 Å². The van der Waals surface area contributed by atoms with E-state index in [9.17, 15) is 0 Å². The van der Waals surface area contributed by atoms with Gasteiger partial charge in [0.25, 0.3) is 0 Å². The summed E-state index contributed by atoms with van der Waals surface area (Å²) in [6.07, 6.45) is 1.00. The highest BCUT2D eigenvalue weighted by Crippen LogP contribution is 2.25. The van der Waals surface area contributed by atoms with Crippen LogP contribution >= 0.6 is 0 Å². The molecule has 1 saturated heterocycles. The predicted molar refractivity (Wildman–Crippen MR) is 71.6 cm³/mol. The summed E-state index contributed by atoms with van der Waals surface area (Å²) in [6.45, 7) is 1.53. The number of para-hydroxylation sites is 2. The molecule has 2 N–H and O–H groups in total. The minimum Gasteiger partial charge on any atom is -0.381 e. The highest BCUT2D eigenvalue weighted by Gasteiger charge is 2.23. The number of benzene rings is 1. The van der Waals surface area contributed by atoms with Gasteiger partial charge in [-0.15, -0.1) is 0 Å². The van der Waals surface area contributed by atoms with Crippen molar-refractivity contribution in [3.63, 3.8) is 0 Å². The van der Waals surface area contributed by atoms with Crippen molar-refractivity contribution in [2.75, 3.05) is 30.9 Å². The van der Waals surface area contributed by atoms with Crippen LogP contribution in [0, 0.1) is 0 Å². The first-order chi connectivity index (χ1) is 8.75. The lowest BCUT2D eigenvalue weighted by Gasteiger charge is -2.25. The minimum absolute atomic E-state index is 0.336. The van der Waals surface area contributed by atoms with Crippen LogP contribution < -0.4 is 10.6 Å². The van der Waals surface area contributed by atoms with E-state index in [-0.39, 0.29) is 0 Å². The number of aromatic nitrogens is 2. The highest BCUT2D eigenvalue weighted by molar-refractivity contribution is 5.79. The highest BCUT2D eigenvalue weighted by atomic mass is 16.5. The molecule has 0 aliphatic carbocycles. The van der Waals surface area contributed by atoms with E-state index in [0.717, 1.165) is 36.5 Å². The number of anilines is 2. The van der Waals surface area contributed by atoms with Crippen molar-refractivity contribution in [3.05, 3.63) is 24.3 Å². The molecule has 5 nitrogen and oxygen atoms in total. The molecule has 1 aromatic heterocycles. The lowest BCUT2D eigenvalue weighted by Crippen LogP contribution is -2.33. The van der Waals surface area contributed by atoms with Crippen molar-refractivity contribution in [2.24, 2.45) is 0 Å². The van der Waals surface area contributed by atoms with Crippen molar-refractivity contribution in [3.8, 4) is 0 Å². The first-order valence-corrected chi connectivity index (χ1v) is 6.08. The molecule has 18 heavy (non-hydrogen) atoms. The minimum atomic E-state index is 0.336. The molecular formula is C13H16N4O. The van der Waals surface area contributed by atoms with Crippen LogP contribution in [0.15, 0.2) is 24.3 Å². The van der Waals surface area contributed by atoms with Gasteiger partial charge >= 0.3 is 0 Å². The van der Waals surface area contributed by atoms with Crippen LogP contribution in [0.4, 0.5) is 11.6 Å². The summed E-state index contributed by atoms with van der Waals surface area (Å²) in [7, 11) is 1.99. The summed E-state index contributed by atoms with van der Waals surface area (Å²) in [5.41, 5.74) is 7.70. The van der Waals surface area contributed by atoms with Crippen molar-refractivity contribution in [2.45, 2.75) is 12.5 Å². The first kappa shape index (κ1) is 11.2. The van der Waals surface area contributed by atoms with Crippen LogP contribution in [0.25, 0.3) is 11.0 Å². The Morgan fingerprint density at radius 1 is 1.28 bits per heavy atom. The molecule has 2 aromatic rings. The smallest absolute Gasteiger partial charge is 0.172 e. The van der Waals surface area contributed by atoms with E-state index < -0.39 is 0 Å². The Labute approximate surface area is 106 Å². The van der Waals surface area contributed by atoms with Crippen LogP contribution in [0.5, 0.6) is 0 Å². The Bertz CT molecular complexity index is 566. The summed E-state index contributed by atoms with van der Waals surface area (Å²) < 4.78 is 5.40. The molecule has 5 heteroatoms. The van der Waals surface area contributed by atoms with E-state index in [2.05, 4.69) is 14.9 Å². The van der Waals surface area contributed by atoms with Gasteiger partial charge in [0.2, 0.25) is 0 Å². The second-order valence-corrected chi connectivity index (χ2v) is 4.55. The molecule has 1 atom stereocenters. The van der Waals surface area contributed by atoms with E-state index in [1.807, 2.05) is 31.3 Å². The van der Waals surface area contributed by atoms with Crippen molar-refractivity contribution in [1.29, 1.82) is 0 Å². The van der Waals surface area contributed by atoms with Gasteiger partial charge in [0.05, 0.1) is 23.7 Å². The fraction of sp³-hybridized carbons (Fsp3) is 0.385. The van der Waals surface area contributed by atoms with E-state index in [1.54, 1.807) is 0 Å². The summed E-state index contributed by atoms with van der Waals surface area (Å²) in [5, 5.41) is 0. The number of ether oxygens (including phenoxy) is 1. The Hall–Kier alpha value is -1.88. The number of likely N-dealkylation sites (N-methyl/N-ethyl adjacent to an activating group) is 1. The van der Waals surface area contributed by atoms with Crippen LogP contribution in [0.3, 0.4) is 0 Å². The van der Waals surface area contributed by atoms with Gasteiger partial charge in [-0.1, -0.05) is 12.1 Å². The summed E-state index contributed by atoms with van der Waals surface area (Å²) >= 11 is 0. The van der Waals surface area contributed by atoms with Crippen LogP contribution in [-0.2, 0) is 4.74 Å². The Morgan fingerprint density at radius 2 is 2.00 bits per heavy atom. The molecule has 0 bridgehead atoms. The molecular weight excluding hydrogens is 228 g/mol. The zero-order valence-corrected chi connectivity index (χ0v) is 10.3. The summed E-state index contributed by atoms with van der Waals surface area (Å²) in [6, 6.07) is 8.09. The third kappa shape index (κ3) is 1.86. The van der Waals surface area contributed by atoms with Gasteiger partial charge in [-0.2, -0.15) is 0 Å². The van der Waals surface area contributed by atoms with Gasteiger partial charge in [-0.05, 0) is 18.6 Å². The number of nitrogens with zero attached hydrogens (tertiary/aromatic N) is 3. The van der Waals surface area contributed by atoms with Gasteiger partial charge in [0.15, 0.2) is 11.6 Å². The maximum absolute atomic E-state index is 6.00. The Morgan fingerprint density at radius 3 is 2.67 bits per heavy atom. The summed E-state index contributed by atoms with van der Waals surface area (Å²) in [5.74, 6) is 1.22. The Balaban J connectivity index is 2.02. The SMILES string of the molecule is CN(c1nc2ccccc2nc1N)C1CCOC1. The second kappa shape index (κ2) is 4.42. The molecule has 94 valence electrons. The standard InChI is InChI=1S/C13H16N4O/c1-17(9-6-7-18-8-9)13-12(14)15-10-4-2-3-5-11(10)16-13/h2-5,9H,6-8H2,1H3,(H2,14,15). The number of rotatable bonds is 2. The van der Waals surface area contributed by atoms with E-state index in [1.165, 1.54) is 0 Å². The fourth-order valence-corrected chi connectivity index (χ4v) is 2.26. The zero-order valence-electron chi connectivity index (χ0n) is 10.3. The maximum atomic E-state index is 6.00. The summed E-state index contributed by atoms with van der Waals surface area (Å²) in [4.78, 5) is 11.1. The number of nitrogens with two attached hydrogens (primary N) is 1. The van der Waals surface area contributed by atoms with E-state index in [4.69, 9.17) is 10.5 Å². The van der Waals surface area contributed by atoms with Crippen molar-refractivity contribution < 1.29 is 4.74 Å². The van der Waals surface area contributed by atoms with Gasteiger partial charge in [-0.3, -0.25) is 0 Å². The first-order valence-electron chi connectivity index (χ1n) is 6.08. The second-order valence-electron chi connectivity index (χ2n) is 4.55. The third-order valence-corrected chi connectivity index (χ3v) is 3.37. The number of fused-ring (bicyclic) bond motifs is 1. The molecule has 0 radical (unpaired) electrons. The lowest BCUT2D eigenvalue weighted by molar-refractivity contribution is 0.193. The van der Waals surface area contributed by atoms with E-state index >= 15 is 0 Å². The van der Waals surface area contributed by atoms with Crippen molar-refractivity contribution >= 4 is 22.7 Å². The maximum Gasteiger partial charge on any atom is 0.172 e. The van der Waals surface area contributed by atoms with Crippen LogP contribution in [-0.4, -0.2) is 36.3 Å². The average molecular weight is 244 g/mol. The normalized spacial score (nSPS) is 19.3. The van der Waals surface area contributed by atoms with Gasteiger partial charge in [0, 0.05) is 13.7 Å². The zero-order chi connectivity index (χ0) is 12.5. The molecule has 3 rings (SSSR count). The largest absolute Gasteiger partial charge is 0.381 e. The number of nitrogen functional groups attached to an aromatic ring is 1. The van der Waals surface area contributed by atoms with Crippen LogP contribution in [0.1, 0.15) is 6.42 Å². The monoisotopic (exact) mass is 244 g/mol. The predicted octanol–water partition coefficient (Wildman–Crippen LogP) is 1.44. The number of hydrogen-bond acceptors (Lipinski definition) is 5. The van der Waals surface area contributed by atoms with Crippen LogP contribution in [0.2, 0.25) is 0 Å². The van der Waals surface area contributed by atoms with Gasteiger partial charge < -0.3 is 15.4 Å². The molecule has 0 spiro atoms. The fourth-order valence-electron chi connectivity index (χ4n) is 2.26. The topological polar surface area (TPSA) is 64.3 Å². The van der Waals surface area contributed by atoms with Gasteiger partial charge in [0.1, 0.15) is 0 Å². The third-order valence-electron chi connectivity index (χ3n) is 3.37. The molecule has 1 aliphatic rings. The molecule has 0 saturated carbocycles. The molecule has 1 unspecified atom stereocenters. The Kier molecular flexibility index (Phi) is 2.76. The molecule has 1 aliphatic heterocycles. The molecule has 1 fully saturated rings. The number of hydrogen-bond donors (Lipinski definition) is 1. The molecule has 1 aromatic carbocycles. The van der Waals surface area contributed by atoms with Gasteiger partial charge in [-0.25, -0.2) is 9.97 Å². The lowest BCUT2D eigenvalue weighted by atomic mass is 10.2. The molecule has 2 heterocycles. The average Bonchev–Trinajstić information content (AvgIpc) is 2.91.